The molecular formula is C51H36N4. The van der Waals surface area contributed by atoms with E-state index in [1.807, 2.05) is 91.0 Å². The van der Waals surface area contributed by atoms with Crippen LogP contribution in [0.15, 0.2) is 200 Å². The number of fused-ring (bicyclic) bond motifs is 1. The van der Waals surface area contributed by atoms with Gasteiger partial charge in [-0.3, -0.25) is 5.41 Å². The van der Waals surface area contributed by atoms with Gasteiger partial charge in [0.05, 0.1) is 22.8 Å². The fourth-order valence-electron chi connectivity index (χ4n) is 7.14. The Kier molecular flexibility index (Phi) is 9.05. The molecule has 0 saturated carbocycles. The van der Waals surface area contributed by atoms with Crippen molar-refractivity contribution in [2.24, 2.45) is 0 Å². The van der Waals surface area contributed by atoms with Crippen molar-refractivity contribution in [3.05, 3.63) is 228 Å². The van der Waals surface area contributed by atoms with Crippen LogP contribution in [0.2, 0.25) is 0 Å². The molecule has 260 valence electrons. The Hall–Kier alpha value is -7.43. The quantitative estimate of drug-likeness (QED) is 0.155. The van der Waals surface area contributed by atoms with Crippen molar-refractivity contribution >= 4 is 28.8 Å². The van der Waals surface area contributed by atoms with Gasteiger partial charge in [0, 0.05) is 39.1 Å². The molecule has 2 N–H and O–H groups in total. The lowest BCUT2D eigenvalue weighted by atomic mass is 9.87. The van der Waals surface area contributed by atoms with Crippen molar-refractivity contribution in [3.63, 3.8) is 0 Å². The lowest BCUT2D eigenvalue weighted by molar-refractivity contribution is 1.18. The normalized spacial score (nSPS) is 12.9. The molecule has 0 bridgehead atoms. The van der Waals surface area contributed by atoms with Crippen molar-refractivity contribution in [1.29, 1.82) is 5.41 Å². The Labute approximate surface area is 321 Å². The molecule has 0 saturated heterocycles. The summed E-state index contributed by atoms with van der Waals surface area (Å²) in [6.07, 6.45) is 2.19. The van der Waals surface area contributed by atoms with Crippen LogP contribution in [0.3, 0.4) is 0 Å². The first kappa shape index (κ1) is 33.4. The minimum atomic E-state index is 0.433. The maximum atomic E-state index is 9.67. The summed E-state index contributed by atoms with van der Waals surface area (Å²) in [6.45, 7) is 0. The average molecular weight is 705 g/mol. The number of aromatic nitrogens is 2. The van der Waals surface area contributed by atoms with E-state index in [1.165, 1.54) is 0 Å². The van der Waals surface area contributed by atoms with Gasteiger partial charge < -0.3 is 5.32 Å². The fraction of sp³-hybridized carbons (Fsp3) is 0. The average Bonchev–Trinajstić information content (AvgIpc) is 3.27. The molecule has 0 aliphatic carbocycles. The zero-order valence-corrected chi connectivity index (χ0v) is 30.0. The van der Waals surface area contributed by atoms with E-state index in [2.05, 4.69) is 121 Å². The third-order valence-corrected chi connectivity index (χ3v) is 9.91. The molecule has 1 aromatic heterocycles. The molecule has 4 nitrogen and oxygen atoms in total. The number of hydrogen-bond acceptors (Lipinski definition) is 4. The second kappa shape index (κ2) is 14.9. The number of rotatable bonds is 8. The van der Waals surface area contributed by atoms with E-state index in [0.29, 0.717) is 11.5 Å². The van der Waals surface area contributed by atoms with Crippen LogP contribution < -0.4 is 5.32 Å². The molecule has 0 radical (unpaired) electrons. The minimum absolute atomic E-state index is 0.433. The molecule has 2 heterocycles. The van der Waals surface area contributed by atoms with E-state index < -0.39 is 0 Å². The third kappa shape index (κ3) is 6.93. The standard InChI is InChI=1S/C51H36N4/c52-49(39-25-14-5-15-26-39)48(38-23-12-4-13-24-38)50-44-32-43(30-29-41(44)33-45(53-50)36-19-8-2-9-20-36)51-54-46(37-21-10-3-11-22-37)34-47(55-51)42-28-16-27-40(31-42)35-17-6-1-7-18-35/h1-34,52-53H/b50-48-,52-49?. The molecule has 4 heteroatoms. The van der Waals surface area contributed by atoms with Crippen LogP contribution in [-0.2, 0) is 0 Å². The number of benzene rings is 7. The van der Waals surface area contributed by atoms with E-state index in [1.54, 1.807) is 0 Å². The molecule has 7 aromatic carbocycles. The van der Waals surface area contributed by atoms with E-state index in [4.69, 9.17) is 9.97 Å². The van der Waals surface area contributed by atoms with E-state index in [9.17, 15) is 5.41 Å². The zero-order valence-electron chi connectivity index (χ0n) is 30.0. The van der Waals surface area contributed by atoms with Crippen molar-refractivity contribution < 1.29 is 0 Å². The van der Waals surface area contributed by atoms with Crippen molar-refractivity contribution in [2.45, 2.75) is 0 Å². The van der Waals surface area contributed by atoms with Crippen LogP contribution in [-0.4, -0.2) is 15.7 Å². The number of nitrogens with one attached hydrogen (secondary N) is 2. The first-order valence-electron chi connectivity index (χ1n) is 18.4. The Morgan fingerprint density at radius 1 is 0.418 bits per heavy atom. The van der Waals surface area contributed by atoms with Gasteiger partial charge in [-0.1, -0.05) is 182 Å². The Balaban J connectivity index is 1.26. The Morgan fingerprint density at radius 3 is 1.60 bits per heavy atom. The topological polar surface area (TPSA) is 61.7 Å². The molecule has 0 spiro atoms. The van der Waals surface area contributed by atoms with Gasteiger partial charge in [0.15, 0.2) is 5.82 Å². The van der Waals surface area contributed by atoms with Crippen LogP contribution in [0.25, 0.3) is 68.1 Å². The SMILES string of the molecule is N=C(/C(=C1\NC(c2ccccc2)=Cc2ccc(-c3nc(-c4ccccc4)cc(-c4cccc(-c5ccccc5)c4)n3)cc21)c1ccccc1)c1ccccc1. The van der Waals surface area contributed by atoms with E-state index in [-0.39, 0.29) is 0 Å². The first-order valence-corrected chi connectivity index (χ1v) is 18.4. The van der Waals surface area contributed by atoms with Gasteiger partial charge in [0.1, 0.15) is 0 Å². The van der Waals surface area contributed by atoms with E-state index in [0.717, 1.165) is 84.0 Å². The summed E-state index contributed by atoms with van der Waals surface area (Å²) in [6, 6.07) is 68.3. The maximum Gasteiger partial charge on any atom is 0.160 e. The smallest absolute Gasteiger partial charge is 0.160 e. The van der Waals surface area contributed by atoms with Crippen molar-refractivity contribution in [1.82, 2.24) is 15.3 Å². The third-order valence-electron chi connectivity index (χ3n) is 9.91. The van der Waals surface area contributed by atoms with Crippen molar-refractivity contribution in [3.8, 4) is 45.0 Å². The van der Waals surface area contributed by atoms with Gasteiger partial charge in [-0.15, -0.1) is 0 Å². The van der Waals surface area contributed by atoms with Crippen molar-refractivity contribution in [2.75, 3.05) is 0 Å². The maximum absolute atomic E-state index is 9.67. The predicted octanol–water partition coefficient (Wildman–Crippen LogP) is 12.2. The van der Waals surface area contributed by atoms with Crippen LogP contribution >= 0.6 is 0 Å². The molecule has 55 heavy (non-hydrogen) atoms. The summed E-state index contributed by atoms with van der Waals surface area (Å²) in [5, 5.41) is 13.5. The largest absolute Gasteiger partial charge is 0.354 e. The molecule has 0 amide bonds. The number of hydrogen-bond donors (Lipinski definition) is 2. The molecule has 0 fully saturated rings. The molecule has 8 aromatic rings. The molecule has 1 aliphatic heterocycles. The highest BCUT2D eigenvalue weighted by Gasteiger charge is 2.25. The molecule has 0 unspecified atom stereocenters. The second-order valence-corrected chi connectivity index (χ2v) is 13.5. The second-order valence-electron chi connectivity index (χ2n) is 13.5. The highest BCUT2D eigenvalue weighted by Crippen LogP contribution is 2.39. The van der Waals surface area contributed by atoms with Crippen LogP contribution in [0.4, 0.5) is 0 Å². The van der Waals surface area contributed by atoms with Gasteiger partial charge in [0.2, 0.25) is 0 Å². The highest BCUT2D eigenvalue weighted by molar-refractivity contribution is 6.36. The lowest BCUT2D eigenvalue weighted by Gasteiger charge is -2.26. The summed E-state index contributed by atoms with van der Waals surface area (Å²) < 4.78 is 0. The number of allylic oxidation sites excluding steroid dienone is 1. The zero-order chi connectivity index (χ0) is 37.0. The molecular weight excluding hydrogens is 669 g/mol. The number of nitrogens with zero attached hydrogens (tertiary/aromatic N) is 2. The first-order chi connectivity index (χ1) is 27.2. The fourth-order valence-corrected chi connectivity index (χ4v) is 7.14. The summed E-state index contributed by atoms with van der Waals surface area (Å²) in [5.41, 5.74) is 14.8. The monoisotopic (exact) mass is 704 g/mol. The van der Waals surface area contributed by atoms with Crippen LogP contribution in [0.5, 0.6) is 0 Å². The van der Waals surface area contributed by atoms with Crippen LogP contribution in [0.1, 0.15) is 27.8 Å². The lowest BCUT2D eigenvalue weighted by Crippen LogP contribution is -2.20. The summed E-state index contributed by atoms with van der Waals surface area (Å²) in [4.78, 5) is 10.4. The summed E-state index contributed by atoms with van der Waals surface area (Å²) in [7, 11) is 0. The molecule has 9 rings (SSSR count). The van der Waals surface area contributed by atoms with Gasteiger partial charge in [-0.25, -0.2) is 9.97 Å². The van der Waals surface area contributed by atoms with E-state index >= 15 is 0 Å². The Morgan fingerprint density at radius 2 is 0.945 bits per heavy atom. The van der Waals surface area contributed by atoms with Gasteiger partial charge >= 0.3 is 0 Å². The highest BCUT2D eigenvalue weighted by atomic mass is 14.9. The summed E-state index contributed by atoms with van der Waals surface area (Å²) >= 11 is 0. The molecule has 0 atom stereocenters. The predicted molar refractivity (Wildman–Crippen MR) is 228 cm³/mol. The minimum Gasteiger partial charge on any atom is -0.354 e. The van der Waals surface area contributed by atoms with Gasteiger partial charge in [-0.05, 0) is 52.1 Å². The van der Waals surface area contributed by atoms with Gasteiger partial charge in [-0.2, -0.15) is 0 Å². The molecule has 1 aliphatic rings. The van der Waals surface area contributed by atoms with Gasteiger partial charge in [0.25, 0.3) is 0 Å². The Bertz CT molecular complexity index is 2700. The van der Waals surface area contributed by atoms with Crippen LogP contribution in [0, 0.1) is 5.41 Å². The summed E-state index contributed by atoms with van der Waals surface area (Å²) in [5.74, 6) is 0.626.